The van der Waals surface area contributed by atoms with Gasteiger partial charge in [-0.05, 0) is 19.6 Å². The minimum absolute atomic E-state index is 0.323. The average Bonchev–Trinajstić information content (AvgIpc) is 1.78. The Kier molecular flexibility index (Phi) is 3.94. The molecule has 1 atom stereocenters. The van der Waals surface area contributed by atoms with Gasteiger partial charge in [0.25, 0.3) is 0 Å². The molecule has 12 heavy (non-hydrogen) atoms. The Labute approximate surface area is 79.0 Å². The lowest BCUT2D eigenvalue weighted by atomic mass is 10.7. The van der Waals surface area contributed by atoms with Gasteiger partial charge in [0.1, 0.15) is 0 Å². The van der Waals surface area contributed by atoms with Gasteiger partial charge in [-0.2, -0.15) is 0 Å². The quantitative estimate of drug-likeness (QED) is 0.502. The average molecular weight is 202 g/mol. The van der Waals surface area contributed by atoms with Crippen molar-refractivity contribution in [2.75, 3.05) is 0 Å². The van der Waals surface area contributed by atoms with E-state index in [1.165, 1.54) is 0 Å². The van der Waals surface area contributed by atoms with E-state index in [1.807, 2.05) is 6.08 Å². The third-order valence-corrected chi connectivity index (χ3v) is 4.81. The predicted molar refractivity (Wildman–Crippen MR) is 61.8 cm³/mol. The van der Waals surface area contributed by atoms with Crippen LogP contribution in [-0.2, 0) is 4.43 Å². The highest BCUT2D eigenvalue weighted by Gasteiger charge is 2.29. The second-order valence-electron chi connectivity index (χ2n) is 5.25. The smallest absolute Gasteiger partial charge is 0.184 e. The zero-order chi connectivity index (χ0) is 9.99. The Bertz CT molecular complexity index is 153. The van der Waals surface area contributed by atoms with Crippen molar-refractivity contribution in [2.24, 2.45) is 0 Å². The molecule has 72 valence electrons. The highest BCUT2D eigenvalue weighted by molar-refractivity contribution is 6.79. The van der Waals surface area contributed by atoms with Gasteiger partial charge in [-0.3, -0.25) is 0 Å². The highest BCUT2D eigenvalue weighted by atomic mass is 28.4. The largest absolute Gasteiger partial charge is 0.414 e. The summed E-state index contributed by atoms with van der Waals surface area (Å²) in [6, 6.07) is 0. The summed E-state index contributed by atoms with van der Waals surface area (Å²) in [5.41, 5.74) is 0.323. The topological polar surface area (TPSA) is 9.23 Å². The molecule has 0 bridgehead atoms. The fourth-order valence-electron chi connectivity index (χ4n) is 0.959. The van der Waals surface area contributed by atoms with Crippen LogP contribution >= 0.6 is 0 Å². The van der Waals surface area contributed by atoms with Crippen molar-refractivity contribution in [1.82, 2.24) is 0 Å². The van der Waals surface area contributed by atoms with E-state index in [0.717, 1.165) is 0 Å². The van der Waals surface area contributed by atoms with Crippen molar-refractivity contribution in [2.45, 2.75) is 45.0 Å². The lowest BCUT2D eigenvalue weighted by Crippen LogP contribution is -2.45. The molecule has 0 aromatic carbocycles. The summed E-state index contributed by atoms with van der Waals surface area (Å²) in [6.45, 7) is 17.5. The molecule has 0 radical (unpaired) electrons. The third kappa shape index (κ3) is 4.90. The van der Waals surface area contributed by atoms with E-state index in [0.29, 0.717) is 5.73 Å². The van der Waals surface area contributed by atoms with Crippen molar-refractivity contribution in [3.05, 3.63) is 12.7 Å². The first kappa shape index (κ1) is 12.1. The van der Waals surface area contributed by atoms with E-state index in [9.17, 15) is 0 Å². The molecule has 0 saturated heterocycles. The third-order valence-electron chi connectivity index (χ3n) is 1.55. The van der Waals surface area contributed by atoms with Gasteiger partial charge in [0.15, 0.2) is 8.32 Å². The minimum Gasteiger partial charge on any atom is -0.414 e. The van der Waals surface area contributed by atoms with Gasteiger partial charge in [-0.15, -0.1) is 6.58 Å². The van der Waals surface area contributed by atoms with E-state index in [1.54, 1.807) is 0 Å². The van der Waals surface area contributed by atoms with Gasteiger partial charge >= 0.3 is 0 Å². The zero-order valence-electron chi connectivity index (χ0n) is 9.27. The molecule has 0 aromatic rings. The molecule has 0 aromatic heterocycles. The summed E-state index contributed by atoms with van der Waals surface area (Å²) in [5.74, 6) is 0. The summed E-state index contributed by atoms with van der Waals surface area (Å²) in [7, 11) is -2.59. The predicted octanol–water partition coefficient (Wildman–Crippen LogP) is 3.27. The van der Waals surface area contributed by atoms with Crippen LogP contribution in [0.25, 0.3) is 0 Å². The van der Waals surface area contributed by atoms with Gasteiger partial charge in [0.2, 0.25) is 0 Å². The molecular weight excluding hydrogens is 180 g/mol. The summed E-state index contributed by atoms with van der Waals surface area (Å²) < 4.78 is 6.03. The minimum atomic E-state index is -1.39. The Hall–Kier alpha value is 0.134. The normalized spacial score (nSPS) is 15.8. The van der Waals surface area contributed by atoms with Crippen molar-refractivity contribution in [3.8, 4) is 0 Å². The van der Waals surface area contributed by atoms with Gasteiger partial charge in [0, 0.05) is 0 Å². The van der Waals surface area contributed by atoms with Crippen LogP contribution < -0.4 is 0 Å². The number of hydrogen-bond acceptors (Lipinski definition) is 1. The van der Waals surface area contributed by atoms with E-state index in [2.05, 4.69) is 45.9 Å². The summed E-state index contributed by atoms with van der Waals surface area (Å²) >= 11 is 0. The molecule has 0 fully saturated rings. The van der Waals surface area contributed by atoms with E-state index >= 15 is 0 Å². The second-order valence-corrected chi connectivity index (χ2v) is 15.0. The van der Waals surface area contributed by atoms with Crippen LogP contribution in [0.15, 0.2) is 12.7 Å². The maximum absolute atomic E-state index is 6.03. The Morgan fingerprint density at radius 2 is 1.50 bits per heavy atom. The summed E-state index contributed by atoms with van der Waals surface area (Å²) in [5, 5.41) is 0. The molecule has 0 saturated carbocycles. The summed E-state index contributed by atoms with van der Waals surface area (Å²) in [4.78, 5) is 0. The fourth-order valence-corrected chi connectivity index (χ4v) is 5.00. The van der Waals surface area contributed by atoms with Crippen LogP contribution in [0, 0.1) is 0 Å². The van der Waals surface area contributed by atoms with Crippen molar-refractivity contribution in [1.29, 1.82) is 0 Å². The fraction of sp³-hybridized carbons (Fsp3) is 0.778. The van der Waals surface area contributed by atoms with Crippen molar-refractivity contribution < 1.29 is 4.43 Å². The van der Waals surface area contributed by atoms with Crippen LogP contribution in [0.1, 0.15) is 0 Å². The monoisotopic (exact) mass is 202 g/mol. The molecular formula is C9H22OSi2. The first-order valence-electron chi connectivity index (χ1n) is 4.47. The second kappa shape index (κ2) is 3.89. The molecule has 0 amide bonds. The summed E-state index contributed by atoms with van der Waals surface area (Å²) in [6.07, 6.45) is 1.98. The zero-order valence-corrected chi connectivity index (χ0v) is 11.3. The SMILES string of the molecule is C=C[C@@H](O[Si](C)(C)C)[Si](C)(C)C. The van der Waals surface area contributed by atoms with Crippen LogP contribution in [0.2, 0.25) is 39.3 Å². The van der Waals surface area contributed by atoms with Gasteiger partial charge < -0.3 is 4.43 Å². The van der Waals surface area contributed by atoms with Gasteiger partial charge in [-0.25, -0.2) is 0 Å². The maximum Gasteiger partial charge on any atom is 0.184 e. The molecule has 0 unspecified atom stereocenters. The van der Waals surface area contributed by atoms with Gasteiger partial charge in [0.05, 0.1) is 13.8 Å². The molecule has 0 aliphatic carbocycles. The van der Waals surface area contributed by atoms with Gasteiger partial charge in [-0.1, -0.05) is 25.7 Å². The standard InChI is InChI=1S/C9H22OSi2/c1-8-9(11(2,3)4)10-12(5,6)7/h8-9H,1H2,2-7H3/t9-/m0/s1. The Morgan fingerprint density at radius 3 is 1.58 bits per heavy atom. The molecule has 0 aliphatic heterocycles. The van der Waals surface area contributed by atoms with E-state index in [4.69, 9.17) is 4.43 Å². The van der Waals surface area contributed by atoms with Crippen LogP contribution in [0.4, 0.5) is 0 Å². The number of rotatable bonds is 4. The van der Waals surface area contributed by atoms with Crippen LogP contribution in [0.5, 0.6) is 0 Å². The molecule has 0 N–H and O–H groups in total. The lowest BCUT2D eigenvalue weighted by Gasteiger charge is -2.32. The molecule has 3 heteroatoms. The molecule has 1 nitrogen and oxygen atoms in total. The maximum atomic E-state index is 6.03. The van der Waals surface area contributed by atoms with Crippen molar-refractivity contribution >= 4 is 16.4 Å². The van der Waals surface area contributed by atoms with Crippen LogP contribution in [0.3, 0.4) is 0 Å². The Morgan fingerprint density at radius 1 is 1.08 bits per heavy atom. The molecule has 0 spiro atoms. The number of hydrogen-bond donors (Lipinski definition) is 0. The first-order valence-corrected chi connectivity index (χ1v) is 11.5. The Balaban J connectivity index is 4.30. The molecule has 0 heterocycles. The highest BCUT2D eigenvalue weighted by Crippen LogP contribution is 2.17. The van der Waals surface area contributed by atoms with Crippen molar-refractivity contribution in [3.63, 3.8) is 0 Å². The van der Waals surface area contributed by atoms with E-state index < -0.39 is 16.4 Å². The first-order chi connectivity index (χ1) is 5.17. The molecule has 0 aliphatic rings. The van der Waals surface area contributed by atoms with Crippen LogP contribution in [-0.4, -0.2) is 22.1 Å². The molecule has 0 rings (SSSR count). The van der Waals surface area contributed by atoms with E-state index in [-0.39, 0.29) is 0 Å². The lowest BCUT2D eigenvalue weighted by molar-refractivity contribution is 0.308.